The van der Waals surface area contributed by atoms with E-state index in [-0.39, 0.29) is 0 Å². The molecule has 0 saturated carbocycles. The van der Waals surface area contributed by atoms with Crippen molar-refractivity contribution in [2.24, 2.45) is 5.92 Å². The predicted molar refractivity (Wildman–Crippen MR) is 94.7 cm³/mol. The average Bonchev–Trinajstić information content (AvgIpc) is 2.61. The molecule has 1 saturated heterocycles. The van der Waals surface area contributed by atoms with Crippen molar-refractivity contribution in [3.8, 4) is 11.5 Å². The second kappa shape index (κ2) is 9.25. The Hall–Kier alpha value is -2.62. The highest BCUT2D eigenvalue weighted by atomic mass is 19.4. The molecule has 29 heavy (non-hydrogen) atoms. The second-order valence-corrected chi connectivity index (χ2v) is 6.89. The van der Waals surface area contributed by atoms with Crippen molar-refractivity contribution in [2.75, 3.05) is 6.54 Å². The fraction of sp³-hybridized carbons (Fsp3) is 0.526. The molecule has 0 radical (unpaired) electrons. The van der Waals surface area contributed by atoms with Gasteiger partial charge in [0.15, 0.2) is 11.5 Å². The highest BCUT2D eigenvalue weighted by molar-refractivity contribution is 5.75. The first-order chi connectivity index (χ1) is 13.5. The van der Waals surface area contributed by atoms with Gasteiger partial charge >= 0.3 is 24.1 Å². The van der Waals surface area contributed by atoms with Crippen molar-refractivity contribution >= 4 is 17.9 Å². The minimum atomic E-state index is -5.08. The van der Waals surface area contributed by atoms with Crippen molar-refractivity contribution < 1.29 is 42.1 Å². The molecule has 0 unspecified atom stereocenters. The van der Waals surface area contributed by atoms with Crippen molar-refractivity contribution in [3.05, 3.63) is 23.3 Å². The van der Waals surface area contributed by atoms with Gasteiger partial charge in [-0.15, -0.1) is 0 Å². The zero-order valence-electron chi connectivity index (χ0n) is 16.0. The quantitative estimate of drug-likeness (QED) is 0.563. The molecule has 1 aliphatic carbocycles. The number of carbonyl (C=O) groups is 3. The maximum absolute atomic E-state index is 11.4. The van der Waals surface area contributed by atoms with Crippen LogP contribution in [0, 0.1) is 5.92 Å². The van der Waals surface area contributed by atoms with Crippen LogP contribution in [-0.2, 0) is 27.2 Å². The molecule has 10 heteroatoms. The average molecular weight is 417 g/mol. The van der Waals surface area contributed by atoms with Crippen LogP contribution in [0.1, 0.15) is 37.8 Å². The molecule has 2 aliphatic rings. The van der Waals surface area contributed by atoms with Crippen molar-refractivity contribution in [1.82, 2.24) is 5.32 Å². The third-order valence-corrected chi connectivity index (χ3v) is 4.70. The van der Waals surface area contributed by atoms with Gasteiger partial charge in [-0.25, -0.2) is 4.79 Å². The Morgan fingerprint density at radius 2 is 1.72 bits per heavy atom. The number of carboxylic acids is 1. The third-order valence-electron chi connectivity index (χ3n) is 4.70. The summed E-state index contributed by atoms with van der Waals surface area (Å²) in [4.78, 5) is 31.6. The Bertz CT molecular complexity index is 793. The lowest BCUT2D eigenvalue weighted by atomic mass is 9.76. The number of halogens is 3. The van der Waals surface area contributed by atoms with E-state index in [2.05, 4.69) is 5.32 Å². The number of aliphatic carboxylic acids is 1. The lowest BCUT2D eigenvalue weighted by Gasteiger charge is -2.38. The zero-order chi connectivity index (χ0) is 21.8. The van der Waals surface area contributed by atoms with E-state index >= 15 is 0 Å². The molecule has 0 bridgehead atoms. The van der Waals surface area contributed by atoms with E-state index in [0.29, 0.717) is 23.5 Å². The van der Waals surface area contributed by atoms with Crippen LogP contribution in [0.3, 0.4) is 0 Å². The van der Waals surface area contributed by atoms with Gasteiger partial charge in [0, 0.05) is 25.5 Å². The maximum atomic E-state index is 11.4. The topological polar surface area (TPSA) is 102 Å². The van der Waals surface area contributed by atoms with Crippen molar-refractivity contribution in [3.63, 3.8) is 0 Å². The van der Waals surface area contributed by atoms with Gasteiger partial charge in [-0.1, -0.05) is 6.07 Å². The number of hydrogen-bond donors (Lipinski definition) is 2. The molecule has 1 fully saturated rings. The van der Waals surface area contributed by atoms with E-state index in [1.165, 1.54) is 32.3 Å². The van der Waals surface area contributed by atoms with Gasteiger partial charge in [-0.3, -0.25) is 9.59 Å². The summed E-state index contributed by atoms with van der Waals surface area (Å²) in [5.74, 6) is -2.27. The largest absolute Gasteiger partial charge is 0.490 e. The van der Waals surface area contributed by atoms with E-state index in [1.54, 1.807) is 6.07 Å². The lowest BCUT2D eigenvalue weighted by molar-refractivity contribution is -0.192. The van der Waals surface area contributed by atoms with E-state index in [4.69, 9.17) is 19.4 Å². The molecule has 1 aliphatic heterocycles. The molecule has 0 amide bonds. The van der Waals surface area contributed by atoms with E-state index in [1.807, 2.05) is 6.07 Å². The molecule has 0 spiro atoms. The molecule has 160 valence electrons. The number of benzene rings is 1. The molecule has 3 rings (SSSR count). The summed E-state index contributed by atoms with van der Waals surface area (Å²) in [6, 6.07) is 4.19. The second-order valence-electron chi connectivity index (χ2n) is 6.89. The highest BCUT2D eigenvalue weighted by Gasteiger charge is 2.38. The maximum Gasteiger partial charge on any atom is 0.490 e. The summed E-state index contributed by atoms with van der Waals surface area (Å²) < 4.78 is 42.3. The van der Waals surface area contributed by atoms with Crippen LogP contribution < -0.4 is 14.8 Å². The molecule has 2 N–H and O–H groups in total. The highest BCUT2D eigenvalue weighted by Crippen LogP contribution is 2.41. The minimum absolute atomic E-state index is 0.337. The number of carboxylic acid groups (broad SMARTS) is 1. The standard InChI is InChI=1S/C17H21NO4.C2HF3O2/c1-10(19)21-16-6-5-12-9-15-13(4-3-7-18-15)8-14(12)17(16)22-11(2)20;3-2(4,5)1(6)7/h5-6,13,15,18H,3-4,7-9H2,1-2H3;(H,6,7)/t13-,15-;/m1./s1. The molecular formula is C19H22F3NO6. The van der Waals surface area contributed by atoms with Crippen LogP contribution in [0.25, 0.3) is 0 Å². The van der Waals surface area contributed by atoms with Gasteiger partial charge in [0.25, 0.3) is 0 Å². The number of alkyl halides is 3. The van der Waals surface area contributed by atoms with Crippen LogP contribution in [-0.4, -0.2) is 41.8 Å². The number of carbonyl (C=O) groups excluding carboxylic acids is 2. The van der Waals surface area contributed by atoms with Gasteiger partial charge < -0.3 is 19.9 Å². The SMILES string of the molecule is CC(=O)Oc1ccc2c(c1OC(C)=O)C[C@H]1CCCN[C@@H]1C2.O=C(O)C(F)(F)F. The van der Waals surface area contributed by atoms with E-state index in [9.17, 15) is 22.8 Å². The summed E-state index contributed by atoms with van der Waals surface area (Å²) in [6.45, 7) is 3.78. The number of nitrogens with one attached hydrogen (secondary N) is 1. The van der Waals surface area contributed by atoms with Gasteiger partial charge in [0.2, 0.25) is 0 Å². The molecule has 1 heterocycles. The molecule has 7 nitrogen and oxygen atoms in total. The van der Waals surface area contributed by atoms with Crippen LogP contribution in [0.2, 0.25) is 0 Å². The Kier molecular flexibility index (Phi) is 7.23. The fourth-order valence-corrected chi connectivity index (χ4v) is 3.55. The van der Waals surface area contributed by atoms with Gasteiger partial charge in [0.05, 0.1) is 0 Å². The van der Waals surface area contributed by atoms with E-state index in [0.717, 1.165) is 24.9 Å². The smallest absolute Gasteiger partial charge is 0.475 e. The summed E-state index contributed by atoms with van der Waals surface area (Å²) >= 11 is 0. The molecular weight excluding hydrogens is 395 g/mol. The van der Waals surface area contributed by atoms with Crippen molar-refractivity contribution in [1.29, 1.82) is 0 Å². The Morgan fingerprint density at radius 1 is 1.10 bits per heavy atom. The predicted octanol–water partition coefficient (Wildman–Crippen LogP) is 2.64. The first-order valence-electron chi connectivity index (χ1n) is 9.04. The number of piperidine rings is 1. The molecule has 2 atom stereocenters. The van der Waals surface area contributed by atoms with Crippen LogP contribution in [0.15, 0.2) is 12.1 Å². The molecule has 1 aromatic carbocycles. The monoisotopic (exact) mass is 417 g/mol. The van der Waals surface area contributed by atoms with Gasteiger partial charge in [-0.2, -0.15) is 13.2 Å². The number of esters is 2. The third kappa shape index (κ3) is 6.18. The zero-order valence-corrected chi connectivity index (χ0v) is 16.0. The Labute approximate surface area is 165 Å². The minimum Gasteiger partial charge on any atom is -0.475 e. The van der Waals surface area contributed by atoms with Gasteiger partial charge in [0.1, 0.15) is 0 Å². The Balaban J connectivity index is 0.000000370. The summed E-state index contributed by atoms with van der Waals surface area (Å²) in [7, 11) is 0. The number of hydrogen-bond acceptors (Lipinski definition) is 6. The van der Waals surface area contributed by atoms with Crippen LogP contribution >= 0.6 is 0 Å². The normalized spacial score (nSPS) is 20.3. The first-order valence-corrected chi connectivity index (χ1v) is 9.04. The van der Waals surface area contributed by atoms with Crippen LogP contribution in [0.5, 0.6) is 11.5 Å². The fourth-order valence-electron chi connectivity index (χ4n) is 3.55. The summed E-state index contributed by atoms with van der Waals surface area (Å²) in [6.07, 6.45) is -0.962. The van der Waals surface area contributed by atoms with E-state index < -0.39 is 24.1 Å². The number of fused-ring (bicyclic) bond motifs is 2. The molecule has 0 aromatic heterocycles. The lowest BCUT2D eigenvalue weighted by Crippen LogP contribution is -2.46. The Morgan fingerprint density at radius 3 is 2.28 bits per heavy atom. The van der Waals surface area contributed by atoms with Crippen LogP contribution in [0.4, 0.5) is 13.2 Å². The first kappa shape index (κ1) is 22.7. The van der Waals surface area contributed by atoms with Crippen molar-refractivity contribution in [2.45, 2.75) is 51.7 Å². The number of rotatable bonds is 2. The molecule has 1 aromatic rings. The summed E-state index contributed by atoms with van der Waals surface area (Å²) in [5, 5.41) is 10.7. The van der Waals surface area contributed by atoms with Gasteiger partial charge in [-0.05, 0) is 49.8 Å². The number of ether oxygens (including phenoxy) is 2. The summed E-state index contributed by atoms with van der Waals surface area (Å²) in [5.41, 5.74) is 2.18.